The second-order valence-corrected chi connectivity index (χ2v) is 20.4. The van der Waals surface area contributed by atoms with Crippen LogP contribution >= 0.6 is 0 Å². The fraction of sp³-hybridized carbons (Fsp3) is 0.365. The van der Waals surface area contributed by atoms with Crippen molar-refractivity contribution in [3.63, 3.8) is 0 Å². The van der Waals surface area contributed by atoms with Crippen LogP contribution < -0.4 is 0 Å². The minimum absolute atomic E-state index is 0.128. The molecule has 0 saturated heterocycles. The van der Waals surface area contributed by atoms with Gasteiger partial charge in [0, 0.05) is 45.6 Å². The van der Waals surface area contributed by atoms with E-state index < -0.39 is 0 Å². The molecular formula is C63H64N2O4. The number of hydrogen-bond donors (Lipinski definition) is 0. The van der Waals surface area contributed by atoms with Crippen LogP contribution in [-0.4, -0.2) is 46.0 Å². The lowest BCUT2D eigenvalue weighted by atomic mass is 9.82. The van der Waals surface area contributed by atoms with Crippen LogP contribution in [-0.2, 0) is 6.42 Å². The largest absolute Gasteiger partial charge is 0.274 e. The van der Waals surface area contributed by atoms with Crippen LogP contribution in [0.4, 0.5) is 0 Å². The maximum absolute atomic E-state index is 14.8. The lowest BCUT2D eigenvalue weighted by molar-refractivity contribution is 0.0514. The highest BCUT2D eigenvalue weighted by Crippen LogP contribution is 2.47. The predicted octanol–water partition coefficient (Wildman–Crippen LogP) is 16.5. The van der Waals surface area contributed by atoms with Gasteiger partial charge in [0.2, 0.25) is 0 Å². The van der Waals surface area contributed by atoms with Gasteiger partial charge in [0.15, 0.2) is 0 Å². The molecule has 4 amide bonds. The highest BCUT2D eigenvalue weighted by atomic mass is 16.2. The maximum Gasteiger partial charge on any atom is 0.261 e. The predicted molar refractivity (Wildman–Crippen MR) is 286 cm³/mol. The van der Waals surface area contributed by atoms with Crippen LogP contribution in [0, 0.1) is 0 Å². The molecule has 0 unspecified atom stereocenters. The van der Waals surface area contributed by atoms with Crippen LogP contribution in [0.5, 0.6) is 0 Å². The summed E-state index contributed by atoms with van der Waals surface area (Å²) in [4.78, 5) is 61.5. The van der Waals surface area contributed by atoms with Gasteiger partial charge in [-0.3, -0.25) is 29.0 Å². The van der Waals surface area contributed by atoms with E-state index in [4.69, 9.17) is 0 Å². The number of unbranched alkanes of at least 4 members (excludes halogenated alkanes) is 13. The molecule has 0 fully saturated rings. The van der Waals surface area contributed by atoms with E-state index in [-0.39, 0.29) is 29.7 Å². The number of carbonyl (C=O) groups excluding carboxylic acids is 4. The van der Waals surface area contributed by atoms with Crippen molar-refractivity contribution < 1.29 is 19.2 Å². The van der Waals surface area contributed by atoms with Crippen molar-refractivity contribution >= 4 is 99.0 Å². The second kappa shape index (κ2) is 19.2. The molecular weight excluding hydrogens is 849 g/mol. The molecule has 0 radical (unpaired) electrons. The number of carbonyl (C=O) groups is 4. The molecule has 350 valence electrons. The Labute approximate surface area is 405 Å². The average Bonchev–Trinajstić information content (AvgIpc) is 3.37. The van der Waals surface area contributed by atoms with Crippen LogP contribution in [0.1, 0.15) is 176 Å². The van der Waals surface area contributed by atoms with Crippen molar-refractivity contribution in [3.05, 3.63) is 131 Å². The Morgan fingerprint density at radius 3 is 1.29 bits per heavy atom. The van der Waals surface area contributed by atoms with Gasteiger partial charge in [-0.2, -0.15) is 0 Å². The first-order valence-corrected chi connectivity index (χ1v) is 26.5. The van der Waals surface area contributed by atoms with Gasteiger partial charge in [-0.25, -0.2) is 0 Å². The molecule has 9 aromatic rings. The van der Waals surface area contributed by atoms with E-state index in [1.165, 1.54) is 107 Å². The van der Waals surface area contributed by atoms with Crippen molar-refractivity contribution in [3.8, 4) is 0 Å². The number of amides is 4. The summed E-state index contributed by atoms with van der Waals surface area (Å²) in [5, 5.41) is 14.5. The van der Waals surface area contributed by atoms with E-state index in [2.05, 4.69) is 68.4 Å². The Bertz CT molecular complexity index is 3280. The summed E-state index contributed by atoms with van der Waals surface area (Å²) < 4.78 is 0. The fourth-order valence-corrected chi connectivity index (χ4v) is 12.5. The number of hydrogen-bond acceptors (Lipinski definition) is 4. The highest BCUT2D eigenvalue weighted by Gasteiger charge is 2.39. The minimum atomic E-state index is -0.256. The lowest BCUT2D eigenvalue weighted by Crippen LogP contribution is -2.47. The maximum atomic E-state index is 14.8. The molecule has 0 aromatic heterocycles. The molecule has 0 saturated carbocycles. The van der Waals surface area contributed by atoms with Gasteiger partial charge >= 0.3 is 0 Å². The summed E-state index contributed by atoms with van der Waals surface area (Å²) in [6, 6.07) is 35.4. The van der Waals surface area contributed by atoms with Crippen LogP contribution in [0.3, 0.4) is 0 Å². The molecule has 0 aliphatic carbocycles. The number of fused-ring (bicyclic) bond motifs is 2. The Kier molecular flexibility index (Phi) is 12.5. The van der Waals surface area contributed by atoms with Gasteiger partial charge in [-0.05, 0) is 127 Å². The van der Waals surface area contributed by atoms with Gasteiger partial charge in [-0.1, -0.05) is 183 Å². The Hall–Kier alpha value is -6.40. The number of imide groups is 2. The molecule has 2 aliphatic heterocycles. The Morgan fingerprint density at radius 1 is 0.362 bits per heavy atom. The summed E-state index contributed by atoms with van der Waals surface area (Å²) in [5.74, 6) is -0.881. The molecule has 2 aliphatic rings. The molecule has 0 bridgehead atoms. The van der Waals surface area contributed by atoms with Gasteiger partial charge in [0.1, 0.15) is 0 Å². The van der Waals surface area contributed by atoms with Crippen LogP contribution in [0.2, 0.25) is 0 Å². The normalized spacial score (nSPS) is 14.1. The standard InChI is InChI=1S/C63H64N2O4/c1-3-5-7-9-11-13-15-23-44(24-16-14-12-10-8-6-4-2)65-62(68)52-37-33-48-46-31-35-50-58-51(36-32-47(56(46)58)49-34-38-53(63(65)69)59(52)57(48)49)61(67)64(60(50)66)39-18-17-20-40-25-26-43-28-27-41-21-19-22-42-29-30-45(40)55(43)54(41)42/h19,21-22,25-38,44H,3-18,20,23-24,39H2,1-2H3. The summed E-state index contributed by atoms with van der Waals surface area (Å²) in [6.45, 7) is 4.84. The summed E-state index contributed by atoms with van der Waals surface area (Å²) in [6.07, 6.45) is 20.8. The third-order valence-electron chi connectivity index (χ3n) is 16.1. The zero-order valence-corrected chi connectivity index (χ0v) is 40.6. The molecule has 9 aromatic carbocycles. The van der Waals surface area contributed by atoms with E-state index in [1.54, 1.807) is 4.90 Å². The van der Waals surface area contributed by atoms with Crippen molar-refractivity contribution in [1.29, 1.82) is 0 Å². The van der Waals surface area contributed by atoms with Crippen molar-refractivity contribution in [1.82, 2.24) is 9.80 Å². The molecule has 0 N–H and O–H groups in total. The molecule has 0 atom stereocenters. The van der Waals surface area contributed by atoms with Crippen molar-refractivity contribution in [2.45, 2.75) is 142 Å². The number of benzene rings is 9. The first-order chi connectivity index (χ1) is 33.9. The Balaban J connectivity index is 0.853. The number of rotatable bonds is 22. The van der Waals surface area contributed by atoms with Gasteiger partial charge in [0.05, 0.1) is 0 Å². The summed E-state index contributed by atoms with van der Waals surface area (Å²) in [7, 11) is 0. The molecule has 2 heterocycles. The summed E-state index contributed by atoms with van der Waals surface area (Å²) >= 11 is 0. The molecule has 6 heteroatoms. The first kappa shape index (κ1) is 45.1. The van der Waals surface area contributed by atoms with Gasteiger partial charge < -0.3 is 0 Å². The number of nitrogens with zero attached hydrogens (tertiary/aromatic N) is 2. The Morgan fingerprint density at radius 2 is 0.783 bits per heavy atom. The number of aryl methyl sites for hydroxylation is 1. The van der Waals surface area contributed by atoms with Crippen molar-refractivity contribution in [2.75, 3.05) is 6.54 Å². The zero-order valence-electron chi connectivity index (χ0n) is 40.6. The first-order valence-electron chi connectivity index (χ1n) is 26.5. The van der Waals surface area contributed by atoms with Crippen LogP contribution in [0.25, 0.3) is 75.4 Å². The lowest BCUT2D eigenvalue weighted by Gasteiger charge is -2.35. The highest BCUT2D eigenvalue weighted by molar-refractivity contribution is 6.41. The van der Waals surface area contributed by atoms with Gasteiger partial charge in [-0.15, -0.1) is 0 Å². The van der Waals surface area contributed by atoms with E-state index in [0.717, 1.165) is 89.1 Å². The van der Waals surface area contributed by atoms with E-state index >= 15 is 0 Å². The molecule has 6 nitrogen and oxygen atoms in total. The monoisotopic (exact) mass is 912 g/mol. The second-order valence-electron chi connectivity index (χ2n) is 20.4. The minimum Gasteiger partial charge on any atom is -0.274 e. The topological polar surface area (TPSA) is 74.8 Å². The third-order valence-corrected chi connectivity index (χ3v) is 16.1. The van der Waals surface area contributed by atoms with Crippen molar-refractivity contribution in [2.24, 2.45) is 0 Å². The SMILES string of the molecule is CCCCCCCCCC(CCCCCCCCC)N1C(=O)c2ccc3c4ccc5c6c(ccc(c7ccc(c2c37)C1=O)c64)C(=O)N(CCCCc1ccc2ccc3cccc4ccc1c2c34)C5=O. The van der Waals surface area contributed by atoms with Gasteiger partial charge in [0.25, 0.3) is 23.6 Å². The molecule has 0 spiro atoms. The molecule has 69 heavy (non-hydrogen) atoms. The third kappa shape index (κ3) is 7.79. The van der Waals surface area contributed by atoms with E-state index in [9.17, 15) is 19.2 Å². The van der Waals surface area contributed by atoms with E-state index in [1.807, 2.05) is 48.5 Å². The quantitative estimate of drug-likeness (QED) is 0.0294. The van der Waals surface area contributed by atoms with Crippen LogP contribution in [0.15, 0.2) is 103 Å². The molecule has 11 rings (SSSR count). The van der Waals surface area contributed by atoms with E-state index in [0.29, 0.717) is 40.6 Å². The zero-order chi connectivity index (χ0) is 47.2. The summed E-state index contributed by atoms with van der Waals surface area (Å²) in [5.41, 5.74) is 3.54. The fourth-order valence-electron chi connectivity index (χ4n) is 12.5. The smallest absolute Gasteiger partial charge is 0.261 e. The average molecular weight is 913 g/mol.